The summed E-state index contributed by atoms with van der Waals surface area (Å²) < 4.78 is 75.2. The van der Waals surface area contributed by atoms with Gasteiger partial charge in [0, 0.05) is 45.6 Å². The van der Waals surface area contributed by atoms with Crippen LogP contribution in [-0.4, -0.2) is 55.3 Å². The maximum Gasteiger partial charge on any atom is 0.431 e. The van der Waals surface area contributed by atoms with Crippen molar-refractivity contribution in [3.63, 3.8) is 0 Å². The molecule has 0 bridgehead atoms. The first-order chi connectivity index (χ1) is 17.3. The minimum atomic E-state index is -4.54. The van der Waals surface area contributed by atoms with E-state index in [1.807, 2.05) is 0 Å². The van der Waals surface area contributed by atoms with E-state index in [4.69, 9.17) is 4.74 Å². The van der Waals surface area contributed by atoms with Crippen LogP contribution in [0, 0.1) is 6.92 Å². The number of para-hydroxylation sites is 2. The number of nitrogens with zero attached hydrogens (tertiary/aromatic N) is 3. The molecule has 1 aromatic heterocycles. The number of aromatic nitrogens is 1. The molecular weight excluding hydrogens is 507 g/mol. The van der Waals surface area contributed by atoms with Crippen molar-refractivity contribution in [2.24, 2.45) is 0 Å². The zero-order valence-electron chi connectivity index (χ0n) is 20.5. The van der Waals surface area contributed by atoms with Gasteiger partial charge in [0.15, 0.2) is 5.60 Å². The Balaban J connectivity index is 1.42. The van der Waals surface area contributed by atoms with Crippen LogP contribution in [0.2, 0.25) is 0 Å². The van der Waals surface area contributed by atoms with Gasteiger partial charge in [0.1, 0.15) is 11.4 Å². The van der Waals surface area contributed by atoms with Crippen molar-refractivity contribution in [1.82, 2.24) is 13.8 Å². The summed E-state index contributed by atoms with van der Waals surface area (Å²) in [5.41, 5.74) is -0.211. The molecule has 1 amide bonds. The molecule has 0 aliphatic carbocycles. The van der Waals surface area contributed by atoms with E-state index in [-0.39, 0.29) is 23.9 Å². The maximum absolute atomic E-state index is 13.8. The molecule has 0 atom stereocenters. The van der Waals surface area contributed by atoms with Crippen LogP contribution in [0.25, 0.3) is 5.69 Å². The number of sulfonamides is 1. The number of aryl methyl sites for hydroxylation is 1. The van der Waals surface area contributed by atoms with E-state index in [9.17, 15) is 26.4 Å². The second kappa shape index (κ2) is 8.63. The fourth-order valence-corrected chi connectivity index (χ4v) is 6.24. The lowest BCUT2D eigenvalue weighted by atomic mass is 9.86. The molecule has 7 nitrogen and oxygen atoms in total. The SMILES string of the molecule is Cc1cc(C(=O)N2CCC3(CC2)Oc2ccccc2-n2c(C(F)(F)F)ccc23)ccc1S(=O)(=O)N(C)C. The van der Waals surface area contributed by atoms with Crippen LogP contribution in [0.4, 0.5) is 13.2 Å². The molecule has 3 aromatic rings. The zero-order chi connectivity index (χ0) is 26.8. The van der Waals surface area contributed by atoms with Gasteiger partial charge in [-0.05, 0) is 55.0 Å². The van der Waals surface area contributed by atoms with E-state index in [2.05, 4.69) is 0 Å². The Hall–Kier alpha value is -3.31. The number of carbonyl (C=O) groups is 1. The molecule has 5 rings (SSSR count). The second-order valence-electron chi connectivity index (χ2n) is 9.56. The summed E-state index contributed by atoms with van der Waals surface area (Å²) in [6.07, 6.45) is -3.93. The molecule has 0 saturated carbocycles. The summed E-state index contributed by atoms with van der Waals surface area (Å²) in [5.74, 6) is 0.0964. The number of hydrogen-bond acceptors (Lipinski definition) is 4. The lowest BCUT2D eigenvalue weighted by Crippen LogP contribution is -2.50. The minimum absolute atomic E-state index is 0.127. The van der Waals surface area contributed by atoms with Gasteiger partial charge in [-0.3, -0.25) is 4.79 Å². The Morgan fingerprint density at radius 2 is 1.70 bits per heavy atom. The molecule has 37 heavy (non-hydrogen) atoms. The fraction of sp³-hybridized carbons (Fsp3) is 0.346. The number of likely N-dealkylation sites (tertiary alicyclic amines) is 1. The summed E-state index contributed by atoms with van der Waals surface area (Å²) in [5, 5.41) is 0. The molecule has 1 spiro atoms. The van der Waals surface area contributed by atoms with Crippen molar-refractivity contribution in [3.8, 4) is 11.4 Å². The van der Waals surface area contributed by atoms with E-state index >= 15 is 0 Å². The first-order valence-corrected chi connectivity index (χ1v) is 13.2. The molecule has 2 aliphatic heterocycles. The summed E-state index contributed by atoms with van der Waals surface area (Å²) in [6.45, 7) is 2.17. The van der Waals surface area contributed by atoms with Crippen LogP contribution < -0.4 is 4.74 Å². The molecule has 1 fully saturated rings. The number of benzene rings is 2. The van der Waals surface area contributed by atoms with Gasteiger partial charge in [-0.2, -0.15) is 13.2 Å². The Morgan fingerprint density at radius 1 is 1.03 bits per heavy atom. The molecule has 3 heterocycles. The predicted octanol–water partition coefficient (Wildman–Crippen LogP) is 4.58. The second-order valence-corrected chi connectivity index (χ2v) is 11.7. The molecule has 0 radical (unpaired) electrons. The van der Waals surface area contributed by atoms with Gasteiger partial charge >= 0.3 is 6.18 Å². The van der Waals surface area contributed by atoms with E-state index in [0.29, 0.717) is 41.1 Å². The van der Waals surface area contributed by atoms with Crippen molar-refractivity contribution < 1.29 is 31.1 Å². The molecule has 0 N–H and O–H groups in total. The summed E-state index contributed by atoms with van der Waals surface area (Å²) in [4.78, 5) is 15.0. The smallest absolute Gasteiger partial charge is 0.431 e. The molecule has 1 saturated heterocycles. The molecule has 0 unspecified atom stereocenters. The number of amides is 1. The molecule has 196 valence electrons. The number of rotatable bonds is 3. The summed E-state index contributed by atoms with van der Waals surface area (Å²) in [7, 11) is -0.762. The van der Waals surface area contributed by atoms with Crippen LogP contribution in [0.5, 0.6) is 5.75 Å². The fourth-order valence-electron chi connectivity index (χ4n) is 5.14. The van der Waals surface area contributed by atoms with Gasteiger partial charge in [0.05, 0.1) is 16.3 Å². The van der Waals surface area contributed by atoms with Crippen LogP contribution in [0.3, 0.4) is 0 Å². The number of alkyl halides is 3. The highest BCUT2D eigenvalue weighted by atomic mass is 32.2. The lowest BCUT2D eigenvalue weighted by molar-refractivity contribution is -0.143. The number of halogens is 3. The van der Waals surface area contributed by atoms with Gasteiger partial charge in [-0.15, -0.1) is 0 Å². The largest absolute Gasteiger partial charge is 0.479 e. The third kappa shape index (κ3) is 4.10. The van der Waals surface area contributed by atoms with E-state index in [1.165, 1.54) is 36.9 Å². The van der Waals surface area contributed by atoms with Gasteiger partial charge in [-0.1, -0.05) is 12.1 Å². The zero-order valence-corrected chi connectivity index (χ0v) is 21.4. The molecule has 11 heteroatoms. The number of carbonyl (C=O) groups excluding carboxylic acids is 1. The molecular formula is C26H26F3N3O4S. The lowest BCUT2D eigenvalue weighted by Gasteiger charge is -2.45. The average molecular weight is 534 g/mol. The molecule has 2 aromatic carbocycles. The van der Waals surface area contributed by atoms with Crippen molar-refractivity contribution in [2.75, 3.05) is 27.2 Å². The highest BCUT2D eigenvalue weighted by molar-refractivity contribution is 7.89. The quantitative estimate of drug-likeness (QED) is 0.494. The van der Waals surface area contributed by atoms with Crippen molar-refractivity contribution in [1.29, 1.82) is 0 Å². The maximum atomic E-state index is 13.8. The number of fused-ring (bicyclic) bond motifs is 4. The number of hydrogen-bond donors (Lipinski definition) is 0. The average Bonchev–Trinajstić information content (AvgIpc) is 3.31. The van der Waals surface area contributed by atoms with Crippen LogP contribution in [0.15, 0.2) is 59.5 Å². The first-order valence-electron chi connectivity index (χ1n) is 11.8. The monoisotopic (exact) mass is 533 g/mol. The number of piperidine rings is 1. The van der Waals surface area contributed by atoms with Crippen LogP contribution >= 0.6 is 0 Å². The van der Waals surface area contributed by atoms with E-state index < -0.39 is 27.5 Å². The highest BCUT2D eigenvalue weighted by Gasteiger charge is 2.48. The van der Waals surface area contributed by atoms with Gasteiger partial charge < -0.3 is 14.2 Å². The topological polar surface area (TPSA) is 71.8 Å². The van der Waals surface area contributed by atoms with Crippen molar-refractivity contribution in [3.05, 3.63) is 77.1 Å². The minimum Gasteiger partial charge on any atom is -0.479 e. The predicted molar refractivity (Wildman–Crippen MR) is 130 cm³/mol. The van der Waals surface area contributed by atoms with Crippen LogP contribution in [0.1, 0.15) is 40.2 Å². The van der Waals surface area contributed by atoms with Gasteiger partial charge in [-0.25, -0.2) is 12.7 Å². The van der Waals surface area contributed by atoms with Crippen molar-refractivity contribution in [2.45, 2.75) is 36.4 Å². The third-order valence-electron chi connectivity index (χ3n) is 7.09. The van der Waals surface area contributed by atoms with E-state index in [0.717, 1.165) is 10.4 Å². The Morgan fingerprint density at radius 3 is 2.32 bits per heavy atom. The Kier molecular flexibility index (Phi) is 5.91. The Labute approximate surface area is 213 Å². The Bertz CT molecular complexity index is 1490. The first kappa shape index (κ1) is 25.3. The summed E-state index contributed by atoms with van der Waals surface area (Å²) in [6, 6.07) is 13.6. The van der Waals surface area contributed by atoms with Crippen molar-refractivity contribution >= 4 is 15.9 Å². The normalized spacial score (nSPS) is 16.9. The molecule has 2 aliphatic rings. The highest BCUT2D eigenvalue weighted by Crippen LogP contribution is 2.48. The third-order valence-corrected chi connectivity index (χ3v) is 9.06. The van der Waals surface area contributed by atoms with E-state index in [1.54, 1.807) is 42.2 Å². The number of ether oxygens (including phenoxy) is 1. The van der Waals surface area contributed by atoms with Gasteiger partial charge in [0.2, 0.25) is 10.0 Å². The van der Waals surface area contributed by atoms with Crippen LogP contribution in [-0.2, 0) is 21.8 Å². The standard InChI is InChI=1S/C26H26F3N3O4S/c1-17-16-18(8-9-21(17)37(34,35)30(2)3)24(33)31-14-12-25(13-15-31)22-10-11-23(26(27,28)29)32(22)19-6-4-5-7-20(19)36-25/h4-11,16H,12-15H2,1-3H3. The summed E-state index contributed by atoms with van der Waals surface area (Å²) >= 11 is 0. The van der Waals surface area contributed by atoms with Gasteiger partial charge in [0.25, 0.3) is 5.91 Å².